The second-order valence-electron chi connectivity index (χ2n) is 1.97. The molecule has 12 heavy (non-hydrogen) atoms. The first-order valence-corrected chi connectivity index (χ1v) is 3.60. The Morgan fingerprint density at radius 1 is 1.42 bits per heavy atom. The smallest absolute Gasteiger partial charge is 0.266 e. The summed E-state index contributed by atoms with van der Waals surface area (Å²) in [5.74, 6) is -0.615. The molecule has 0 amide bonds. The first-order chi connectivity index (χ1) is 5.54. The van der Waals surface area contributed by atoms with Crippen LogP contribution in [0.5, 0.6) is 5.75 Å². The van der Waals surface area contributed by atoms with Crippen molar-refractivity contribution in [2.24, 2.45) is 0 Å². The minimum Gasteiger partial charge on any atom is -0.504 e. The zero-order chi connectivity index (χ0) is 9.30. The maximum Gasteiger partial charge on any atom is 0.266 e. The van der Waals surface area contributed by atoms with Gasteiger partial charge in [-0.2, -0.15) is 0 Å². The molecule has 1 N–H and O–H groups in total. The van der Waals surface area contributed by atoms with Crippen molar-refractivity contribution in [3.05, 3.63) is 21.9 Å². The van der Waals surface area contributed by atoms with Gasteiger partial charge in [0.25, 0.3) is 6.43 Å². The highest BCUT2D eigenvalue weighted by Gasteiger charge is 2.17. The van der Waals surface area contributed by atoms with Gasteiger partial charge < -0.3 is 5.11 Å². The summed E-state index contributed by atoms with van der Waals surface area (Å²) in [4.78, 5) is 3.31. The third-order valence-electron chi connectivity index (χ3n) is 1.21. The monoisotopic (exact) mass is 213 g/mol. The summed E-state index contributed by atoms with van der Waals surface area (Å²) < 4.78 is 24.1. The molecule has 0 bridgehead atoms. The molecule has 6 heteroatoms. The van der Waals surface area contributed by atoms with Gasteiger partial charge in [0.1, 0.15) is 0 Å². The van der Waals surface area contributed by atoms with Crippen molar-refractivity contribution in [3.8, 4) is 5.75 Å². The number of aromatic hydroxyl groups is 1. The van der Waals surface area contributed by atoms with Gasteiger partial charge in [-0.25, -0.2) is 13.8 Å². The fourth-order valence-electron chi connectivity index (χ4n) is 0.623. The summed E-state index contributed by atoms with van der Waals surface area (Å²) in [7, 11) is 0. The lowest BCUT2D eigenvalue weighted by Gasteiger charge is -2.04. The standard InChI is InChI=1S/C6H3Cl2F2NO/c7-3-2(6(9)10)1-11-5(8)4(3)12/h1,6,12H. The van der Waals surface area contributed by atoms with Gasteiger partial charge in [0.05, 0.1) is 10.6 Å². The van der Waals surface area contributed by atoms with E-state index < -0.39 is 22.8 Å². The van der Waals surface area contributed by atoms with Crippen molar-refractivity contribution in [3.63, 3.8) is 0 Å². The third-order valence-corrected chi connectivity index (χ3v) is 1.88. The van der Waals surface area contributed by atoms with Crippen LogP contribution in [-0.4, -0.2) is 10.1 Å². The van der Waals surface area contributed by atoms with E-state index in [-0.39, 0.29) is 5.15 Å². The van der Waals surface area contributed by atoms with Crippen LogP contribution < -0.4 is 0 Å². The van der Waals surface area contributed by atoms with Crippen molar-refractivity contribution in [1.29, 1.82) is 0 Å². The van der Waals surface area contributed by atoms with Gasteiger partial charge in [-0.05, 0) is 0 Å². The average molecular weight is 214 g/mol. The normalized spacial score (nSPS) is 10.8. The second-order valence-corrected chi connectivity index (χ2v) is 2.70. The van der Waals surface area contributed by atoms with Crippen molar-refractivity contribution in [2.45, 2.75) is 6.43 Å². The molecule has 0 aromatic carbocycles. The molecule has 66 valence electrons. The Labute approximate surface area is 76.7 Å². The maximum atomic E-state index is 12.1. The molecule has 0 atom stereocenters. The van der Waals surface area contributed by atoms with Gasteiger partial charge in [0.2, 0.25) is 0 Å². The molecule has 1 heterocycles. The molecule has 1 rings (SSSR count). The Morgan fingerprint density at radius 3 is 2.50 bits per heavy atom. The Kier molecular flexibility index (Phi) is 2.69. The van der Waals surface area contributed by atoms with Crippen molar-refractivity contribution in [1.82, 2.24) is 4.98 Å². The highest BCUT2D eigenvalue weighted by Crippen LogP contribution is 2.36. The van der Waals surface area contributed by atoms with Gasteiger partial charge in [0, 0.05) is 6.20 Å². The van der Waals surface area contributed by atoms with Crippen LogP contribution in [0.1, 0.15) is 12.0 Å². The number of alkyl halides is 2. The van der Waals surface area contributed by atoms with Crippen LogP contribution in [-0.2, 0) is 0 Å². The Balaban J connectivity index is 3.27. The van der Waals surface area contributed by atoms with Crippen LogP contribution in [0.3, 0.4) is 0 Å². The van der Waals surface area contributed by atoms with Crippen LogP contribution in [0.15, 0.2) is 6.20 Å². The number of aromatic nitrogens is 1. The lowest BCUT2D eigenvalue weighted by Crippen LogP contribution is -1.89. The Bertz CT molecular complexity index is 306. The van der Waals surface area contributed by atoms with E-state index in [9.17, 15) is 8.78 Å². The average Bonchev–Trinajstić information content (AvgIpc) is 2.00. The molecule has 0 aliphatic carbocycles. The van der Waals surface area contributed by atoms with Crippen molar-refractivity contribution < 1.29 is 13.9 Å². The van der Waals surface area contributed by atoms with Crippen molar-refractivity contribution >= 4 is 23.2 Å². The summed E-state index contributed by atoms with van der Waals surface area (Å²) in [5.41, 5.74) is -0.529. The predicted octanol–water partition coefficient (Wildman–Crippen LogP) is 3.03. The number of rotatable bonds is 1. The van der Waals surface area contributed by atoms with Crippen molar-refractivity contribution in [2.75, 3.05) is 0 Å². The molecule has 0 aliphatic heterocycles. The van der Waals surface area contributed by atoms with Crippen LogP contribution >= 0.6 is 23.2 Å². The number of hydrogen-bond acceptors (Lipinski definition) is 2. The van der Waals surface area contributed by atoms with Crippen LogP contribution in [0, 0.1) is 0 Å². The van der Waals surface area contributed by atoms with Gasteiger partial charge in [-0.15, -0.1) is 0 Å². The fraction of sp³-hybridized carbons (Fsp3) is 0.167. The molecule has 0 saturated carbocycles. The van der Waals surface area contributed by atoms with Crippen LogP contribution in [0.2, 0.25) is 10.2 Å². The Hall–Kier alpha value is -0.610. The summed E-state index contributed by atoms with van der Waals surface area (Å²) in [6, 6.07) is 0. The van der Waals surface area contributed by atoms with E-state index in [4.69, 9.17) is 28.3 Å². The van der Waals surface area contributed by atoms with E-state index in [2.05, 4.69) is 4.98 Å². The summed E-state index contributed by atoms with van der Waals surface area (Å²) in [6.45, 7) is 0. The van der Waals surface area contributed by atoms with E-state index in [1.54, 1.807) is 0 Å². The molecule has 1 aromatic rings. The predicted molar refractivity (Wildman–Crippen MR) is 40.9 cm³/mol. The molecule has 0 spiro atoms. The van der Waals surface area contributed by atoms with Gasteiger partial charge in [-0.1, -0.05) is 23.2 Å². The topological polar surface area (TPSA) is 33.1 Å². The van der Waals surface area contributed by atoms with Gasteiger partial charge >= 0.3 is 0 Å². The first kappa shape index (κ1) is 9.48. The SMILES string of the molecule is Oc1c(Cl)ncc(C(F)F)c1Cl. The van der Waals surface area contributed by atoms with E-state index in [1.165, 1.54) is 0 Å². The highest BCUT2D eigenvalue weighted by atomic mass is 35.5. The van der Waals surface area contributed by atoms with E-state index >= 15 is 0 Å². The van der Waals surface area contributed by atoms with E-state index in [0.717, 1.165) is 6.20 Å². The van der Waals surface area contributed by atoms with Crippen LogP contribution in [0.25, 0.3) is 0 Å². The number of halogens is 4. The Morgan fingerprint density at radius 2 is 2.00 bits per heavy atom. The quantitative estimate of drug-likeness (QED) is 0.728. The summed E-state index contributed by atoms with van der Waals surface area (Å²) in [6.07, 6.45) is -1.94. The van der Waals surface area contributed by atoms with Gasteiger partial charge in [-0.3, -0.25) is 0 Å². The zero-order valence-electron chi connectivity index (χ0n) is 5.56. The van der Waals surface area contributed by atoms with Gasteiger partial charge in [0.15, 0.2) is 10.9 Å². The summed E-state index contributed by atoms with van der Waals surface area (Å²) in [5, 5.41) is 8.24. The fourth-order valence-corrected chi connectivity index (χ4v) is 1.04. The molecule has 0 unspecified atom stereocenters. The van der Waals surface area contributed by atoms with E-state index in [1.807, 2.05) is 0 Å². The first-order valence-electron chi connectivity index (χ1n) is 2.85. The molecule has 0 aliphatic rings. The largest absolute Gasteiger partial charge is 0.504 e. The lowest BCUT2D eigenvalue weighted by atomic mass is 10.3. The molecule has 0 saturated heterocycles. The molecular weight excluding hydrogens is 211 g/mol. The lowest BCUT2D eigenvalue weighted by molar-refractivity contribution is 0.150. The molecule has 2 nitrogen and oxygen atoms in total. The molecular formula is C6H3Cl2F2NO. The van der Waals surface area contributed by atoms with Crippen LogP contribution in [0.4, 0.5) is 8.78 Å². The van der Waals surface area contributed by atoms with E-state index in [0.29, 0.717) is 0 Å². The minimum absolute atomic E-state index is 0.288. The minimum atomic E-state index is -2.77. The molecule has 0 fully saturated rings. The third kappa shape index (κ3) is 1.59. The maximum absolute atomic E-state index is 12.1. The zero-order valence-corrected chi connectivity index (χ0v) is 7.07. The molecule has 1 aromatic heterocycles. The highest BCUT2D eigenvalue weighted by molar-refractivity contribution is 6.36. The second kappa shape index (κ2) is 3.41. The number of pyridine rings is 1. The molecule has 0 radical (unpaired) electrons. The number of nitrogens with zero attached hydrogens (tertiary/aromatic N) is 1. The number of hydrogen-bond donors (Lipinski definition) is 1. The summed E-state index contributed by atoms with van der Waals surface area (Å²) >= 11 is 10.6.